The highest BCUT2D eigenvalue weighted by Gasteiger charge is 2.39. The summed E-state index contributed by atoms with van der Waals surface area (Å²) in [4.78, 5) is 0. The van der Waals surface area contributed by atoms with Gasteiger partial charge in [0, 0.05) is 23.8 Å². The third kappa shape index (κ3) is 8.63. The Morgan fingerprint density at radius 2 is 1.95 bits per heavy atom. The molecule has 1 saturated heterocycles. The van der Waals surface area contributed by atoms with E-state index in [2.05, 4.69) is 57.2 Å². The molecule has 0 N–H and O–H groups in total. The second kappa shape index (κ2) is 13.6. The first kappa shape index (κ1) is 32.6. The predicted octanol–water partition coefficient (Wildman–Crippen LogP) is 5.38. The fraction of sp³-hybridized carbons (Fsp3) is 0.655. The minimum absolute atomic E-state index is 0.0177. The Morgan fingerprint density at radius 1 is 1.17 bits per heavy atom. The molecule has 1 fully saturated rings. The molecule has 0 bridgehead atoms. The van der Waals surface area contributed by atoms with Gasteiger partial charge in [-0.05, 0) is 62.5 Å². The van der Waals surface area contributed by atoms with Crippen molar-refractivity contribution in [3.8, 4) is 17.0 Å². The van der Waals surface area contributed by atoms with Crippen molar-refractivity contribution in [3.05, 3.63) is 30.6 Å². The second-order valence-corrected chi connectivity index (χ2v) is 18.8. The highest BCUT2D eigenvalue weighted by atomic mass is 32.2. The largest absolute Gasteiger partial charge is 0.543 e. The number of rotatable bonds is 14. The number of ether oxygens (including phenoxy) is 3. The van der Waals surface area contributed by atoms with Crippen LogP contribution in [0.2, 0.25) is 18.1 Å². The number of hydrogen-bond acceptors (Lipinski definition) is 9. The Bertz CT molecular complexity index is 1430. The van der Waals surface area contributed by atoms with E-state index >= 15 is 0 Å². The van der Waals surface area contributed by atoms with Crippen molar-refractivity contribution in [3.63, 3.8) is 0 Å². The van der Waals surface area contributed by atoms with E-state index in [1.807, 2.05) is 21.8 Å². The highest BCUT2D eigenvalue weighted by molar-refractivity contribution is 7.85. The van der Waals surface area contributed by atoms with E-state index in [0.717, 1.165) is 60.0 Å². The summed E-state index contributed by atoms with van der Waals surface area (Å²) in [5, 5.41) is 10.7. The Balaban J connectivity index is 1.43. The molecule has 42 heavy (non-hydrogen) atoms. The molecule has 3 heterocycles. The molecule has 1 aliphatic rings. The fourth-order valence-electron chi connectivity index (χ4n) is 4.42. The number of benzene rings is 1. The minimum Gasteiger partial charge on any atom is -0.543 e. The van der Waals surface area contributed by atoms with Gasteiger partial charge in [-0.2, -0.15) is 18.6 Å². The van der Waals surface area contributed by atoms with Crippen molar-refractivity contribution in [2.45, 2.75) is 84.0 Å². The van der Waals surface area contributed by atoms with Gasteiger partial charge in [-0.3, -0.25) is 8.86 Å². The molecule has 4 rings (SSSR count). The van der Waals surface area contributed by atoms with E-state index in [0.29, 0.717) is 26.4 Å². The average Bonchev–Trinajstić information content (AvgIpc) is 3.53. The first-order valence-corrected chi connectivity index (χ1v) is 19.4. The Kier molecular flexibility index (Phi) is 10.5. The lowest BCUT2D eigenvalue weighted by Crippen LogP contribution is -2.43. The Labute approximate surface area is 250 Å². The van der Waals surface area contributed by atoms with Crippen LogP contribution in [0.3, 0.4) is 0 Å². The molecular formula is C29H46N4O7SSi. The summed E-state index contributed by atoms with van der Waals surface area (Å²) in [5.41, 5.74) is 2.79. The summed E-state index contributed by atoms with van der Waals surface area (Å²) in [6.07, 6.45) is 7.52. The van der Waals surface area contributed by atoms with Crippen LogP contribution >= 0.6 is 0 Å². The van der Waals surface area contributed by atoms with Crippen LogP contribution in [-0.2, 0) is 35.1 Å². The molecule has 1 unspecified atom stereocenters. The Morgan fingerprint density at radius 3 is 2.64 bits per heavy atom. The molecule has 2 aromatic heterocycles. The maximum Gasteiger partial charge on any atom is 0.264 e. The molecule has 1 aliphatic heterocycles. The lowest BCUT2D eigenvalue weighted by atomic mass is 10.1. The summed E-state index contributed by atoms with van der Waals surface area (Å²) < 4.78 is 54.8. The number of hydrogen-bond donors (Lipinski definition) is 0. The van der Waals surface area contributed by atoms with Gasteiger partial charge in [0.1, 0.15) is 11.4 Å². The third-order valence-corrected chi connectivity index (χ3v) is 12.7. The van der Waals surface area contributed by atoms with Crippen molar-refractivity contribution in [1.29, 1.82) is 0 Å². The van der Waals surface area contributed by atoms with Gasteiger partial charge in [-0.25, -0.2) is 4.68 Å². The van der Waals surface area contributed by atoms with Crippen molar-refractivity contribution in [2.24, 2.45) is 0 Å². The normalized spacial score (nSPS) is 17.5. The van der Waals surface area contributed by atoms with Crippen molar-refractivity contribution < 1.29 is 31.2 Å². The van der Waals surface area contributed by atoms with E-state index in [1.165, 1.54) is 0 Å². The standard InChI is InChI=1S/C29H46N4O7SSi/c1-22(21-39-41(5,34)35)37-17-16-36-15-13-32-20-23(19-30-32)28-25-18-24(40-42(6,7)29(2,3)4)11-12-26(25)33(31-28)27-10-8-9-14-38-27/h11-12,18-20,22,27H,8-10,13-17,21H2,1-7H3/t22-,27?/m0/s1. The van der Waals surface area contributed by atoms with E-state index < -0.39 is 18.4 Å². The molecule has 0 radical (unpaired) electrons. The van der Waals surface area contributed by atoms with Gasteiger partial charge in [-0.15, -0.1) is 0 Å². The zero-order valence-corrected chi connectivity index (χ0v) is 27.8. The van der Waals surface area contributed by atoms with E-state index in [1.54, 1.807) is 6.92 Å². The van der Waals surface area contributed by atoms with Crippen LogP contribution < -0.4 is 4.43 Å². The van der Waals surface area contributed by atoms with Gasteiger partial charge in [0.05, 0.1) is 57.0 Å². The first-order valence-electron chi connectivity index (χ1n) is 14.6. The number of nitrogens with zero attached hydrogens (tertiary/aromatic N) is 4. The molecule has 2 atom stereocenters. The zero-order chi connectivity index (χ0) is 30.5. The van der Waals surface area contributed by atoms with Crippen molar-refractivity contribution in [2.75, 3.05) is 39.3 Å². The van der Waals surface area contributed by atoms with E-state index in [-0.39, 0.29) is 24.0 Å². The highest BCUT2D eigenvalue weighted by Crippen LogP contribution is 2.39. The molecule has 0 spiro atoms. The molecule has 0 aliphatic carbocycles. The lowest BCUT2D eigenvalue weighted by molar-refractivity contribution is -0.0365. The van der Waals surface area contributed by atoms with Crippen molar-refractivity contribution in [1.82, 2.24) is 19.6 Å². The van der Waals surface area contributed by atoms with Crippen LogP contribution in [-0.4, -0.2) is 81.7 Å². The summed E-state index contributed by atoms with van der Waals surface area (Å²) in [6, 6.07) is 6.26. The number of aromatic nitrogens is 4. The topological polar surface area (TPSA) is 116 Å². The van der Waals surface area contributed by atoms with E-state index in [9.17, 15) is 8.42 Å². The summed E-state index contributed by atoms with van der Waals surface area (Å²) in [7, 11) is -5.49. The van der Waals surface area contributed by atoms with Gasteiger partial charge >= 0.3 is 0 Å². The second-order valence-electron chi connectivity index (χ2n) is 12.4. The maximum atomic E-state index is 11.1. The Hall–Kier alpha value is -2.29. The van der Waals surface area contributed by atoms with Crippen LogP contribution in [0.5, 0.6) is 5.75 Å². The molecule has 1 aromatic carbocycles. The summed E-state index contributed by atoms with van der Waals surface area (Å²) in [5.74, 6) is 0.861. The van der Waals surface area contributed by atoms with Crippen LogP contribution in [0.4, 0.5) is 0 Å². The van der Waals surface area contributed by atoms with Crippen LogP contribution in [0.1, 0.15) is 53.2 Å². The average molecular weight is 623 g/mol. The molecule has 11 nitrogen and oxygen atoms in total. The van der Waals surface area contributed by atoms with Gasteiger partial charge in [0.2, 0.25) is 8.32 Å². The van der Waals surface area contributed by atoms with Gasteiger partial charge < -0.3 is 18.6 Å². The zero-order valence-electron chi connectivity index (χ0n) is 26.0. The van der Waals surface area contributed by atoms with Crippen LogP contribution in [0.15, 0.2) is 30.6 Å². The fourth-order valence-corrected chi connectivity index (χ4v) is 5.89. The molecule has 13 heteroatoms. The quantitative estimate of drug-likeness (QED) is 0.133. The summed E-state index contributed by atoms with van der Waals surface area (Å²) in [6.45, 7) is 15.4. The van der Waals surface area contributed by atoms with Gasteiger partial charge in [0.15, 0.2) is 6.23 Å². The van der Waals surface area contributed by atoms with Crippen molar-refractivity contribution >= 4 is 29.3 Å². The molecule has 234 valence electrons. The molecule has 0 saturated carbocycles. The molecular weight excluding hydrogens is 576 g/mol. The molecule has 0 amide bonds. The smallest absolute Gasteiger partial charge is 0.264 e. The van der Waals surface area contributed by atoms with Gasteiger partial charge in [-0.1, -0.05) is 20.8 Å². The summed E-state index contributed by atoms with van der Waals surface area (Å²) >= 11 is 0. The maximum absolute atomic E-state index is 11.1. The third-order valence-electron chi connectivity index (χ3n) is 7.80. The first-order chi connectivity index (χ1) is 19.7. The number of fused-ring (bicyclic) bond motifs is 1. The lowest BCUT2D eigenvalue weighted by Gasteiger charge is -2.36. The SMILES string of the molecule is C[C@@H](COS(C)(=O)=O)OCCOCCn1cc(-c2nn(C3CCCCO3)c3ccc(O[Si](C)(C)C(C)(C)C)cc23)cn1. The monoisotopic (exact) mass is 622 g/mol. The van der Waals surface area contributed by atoms with E-state index in [4.69, 9.17) is 27.9 Å². The van der Waals surface area contributed by atoms with Crippen LogP contribution in [0, 0.1) is 0 Å². The van der Waals surface area contributed by atoms with Crippen LogP contribution in [0.25, 0.3) is 22.2 Å². The van der Waals surface area contributed by atoms with Gasteiger partial charge in [0.25, 0.3) is 10.1 Å². The predicted molar refractivity (Wildman–Crippen MR) is 165 cm³/mol. The molecule has 3 aromatic rings. The minimum atomic E-state index is -3.48.